The highest BCUT2D eigenvalue weighted by Crippen LogP contribution is 2.23. The number of nitrogens with zero attached hydrogens (tertiary/aromatic N) is 1. The number of thioether (sulfide) groups is 1. The third-order valence-electron chi connectivity index (χ3n) is 4.11. The number of hydrogen-bond donors (Lipinski definition) is 1. The van der Waals surface area contributed by atoms with Gasteiger partial charge in [0, 0.05) is 25.5 Å². The molecule has 2 amide bonds. The van der Waals surface area contributed by atoms with Crippen LogP contribution < -0.4 is 5.32 Å². The molecular weight excluding hydrogens is 372 g/mol. The first-order chi connectivity index (χ1) is 13.4. The van der Waals surface area contributed by atoms with Gasteiger partial charge in [-0.05, 0) is 37.1 Å². The average molecular weight is 401 g/mol. The van der Waals surface area contributed by atoms with Crippen LogP contribution in [0.2, 0.25) is 0 Å². The molecule has 2 rings (SSSR count). The van der Waals surface area contributed by atoms with Crippen molar-refractivity contribution in [1.29, 1.82) is 0 Å². The van der Waals surface area contributed by atoms with E-state index in [1.54, 1.807) is 25.1 Å². The molecule has 2 aromatic carbocycles. The molecule has 0 heterocycles. The molecule has 0 aromatic heterocycles. The molecule has 0 saturated carbocycles. The molecule has 5 nitrogen and oxygen atoms in total. The van der Waals surface area contributed by atoms with Crippen molar-refractivity contribution in [3.8, 4) is 0 Å². The Bertz CT molecular complexity index is 806. The van der Waals surface area contributed by atoms with Gasteiger partial charge < -0.3 is 15.0 Å². The molecular formula is C22H28N2O3S. The summed E-state index contributed by atoms with van der Waals surface area (Å²) in [7, 11) is 3.45. The summed E-state index contributed by atoms with van der Waals surface area (Å²) in [6.45, 7) is 4.94. The highest BCUT2D eigenvalue weighted by atomic mass is 32.2. The van der Waals surface area contributed by atoms with Crippen molar-refractivity contribution in [1.82, 2.24) is 10.2 Å². The van der Waals surface area contributed by atoms with Gasteiger partial charge in [-0.1, -0.05) is 36.4 Å². The Balaban J connectivity index is 2.03. The zero-order valence-corrected chi connectivity index (χ0v) is 17.7. The summed E-state index contributed by atoms with van der Waals surface area (Å²) in [6.07, 6.45) is 0.149. The molecule has 0 atom stereocenters. The van der Waals surface area contributed by atoms with Gasteiger partial charge in [-0.2, -0.15) is 0 Å². The summed E-state index contributed by atoms with van der Waals surface area (Å²) in [4.78, 5) is 26.9. The second-order valence-corrected chi connectivity index (χ2v) is 7.90. The van der Waals surface area contributed by atoms with Gasteiger partial charge in [-0.3, -0.25) is 9.59 Å². The summed E-state index contributed by atoms with van der Waals surface area (Å²) < 4.78 is 5.70. The van der Waals surface area contributed by atoms with Crippen LogP contribution in [0.3, 0.4) is 0 Å². The number of ether oxygens (including phenoxy) is 1. The van der Waals surface area contributed by atoms with Crippen LogP contribution in [0.1, 0.15) is 35.3 Å². The van der Waals surface area contributed by atoms with E-state index in [2.05, 4.69) is 5.32 Å². The highest BCUT2D eigenvalue weighted by Gasteiger charge is 2.14. The second-order valence-electron chi connectivity index (χ2n) is 6.88. The maximum Gasteiger partial charge on any atom is 0.252 e. The van der Waals surface area contributed by atoms with Crippen LogP contribution in [0.25, 0.3) is 0 Å². The van der Waals surface area contributed by atoms with E-state index in [-0.39, 0.29) is 17.9 Å². The molecule has 0 spiro atoms. The number of benzene rings is 2. The number of carbonyl (C=O) groups excluding carboxylic acids is 2. The fourth-order valence-corrected chi connectivity index (χ4v) is 3.47. The van der Waals surface area contributed by atoms with Crippen molar-refractivity contribution in [2.75, 3.05) is 19.8 Å². The Labute approximate surface area is 171 Å². The lowest BCUT2D eigenvalue weighted by atomic mass is 10.1. The summed E-state index contributed by atoms with van der Waals surface area (Å²) in [6, 6.07) is 15.3. The molecule has 0 saturated heterocycles. The molecule has 150 valence electrons. The van der Waals surface area contributed by atoms with E-state index >= 15 is 0 Å². The fraction of sp³-hybridized carbons (Fsp3) is 0.364. The summed E-state index contributed by atoms with van der Waals surface area (Å²) in [5.41, 5.74) is 2.68. The van der Waals surface area contributed by atoms with Crippen molar-refractivity contribution in [3.05, 3.63) is 65.2 Å². The van der Waals surface area contributed by atoms with Crippen molar-refractivity contribution in [3.63, 3.8) is 0 Å². The first-order valence-electron chi connectivity index (χ1n) is 9.27. The zero-order valence-electron chi connectivity index (χ0n) is 16.9. The van der Waals surface area contributed by atoms with Crippen LogP contribution >= 0.6 is 11.8 Å². The summed E-state index contributed by atoms with van der Waals surface area (Å²) >= 11 is 1.38. The van der Waals surface area contributed by atoms with Gasteiger partial charge in [-0.25, -0.2) is 0 Å². The molecule has 0 aliphatic carbocycles. The minimum atomic E-state index is -0.153. The Morgan fingerprint density at radius 2 is 1.68 bits per heavy atom. The average Bonchev–Trinajstić information content (AvgIpc) is 2.69. The van der Waals surface area contributed by atoms with E-state index in [1.165, 1.54) is 11.8 Å². The topological polar surface area (TPSA) is 58.6 Å². The van der Waals surface area contributed by atoms with E-state index in [0.717, 1.165) is 16.0 Å². The standard InChI is InChI=1S/C22H28N2O3S/c1-16(2)27-14-18-10-6-5-9-17(18)13-23-22(26)19-11-7-8-12-20(19)28-15-21(25)24(3)4/h5-12,16H,13-15H2,1-4H3,(H,23,26). The lowest BCUT2D eigenvalue weighted by Gasteiger charge is -2.14. The predicted octanol–water partition coefficient (Wildman–Crippen LogP) is 3.72. The van der Waals surface area contributed by atoms with Crippen LogP contribution in [0.5, 0.6) is 0 Å². The number of rotatable bonds is 9. The van der Waals surface area contributed by atoms with Crippen LogP contribution in [-0.2, 0) is 22.7 Å². The van der Waals surface area contributed by atoms with Crippen LogP contribution in [-0.4, -0.2) is 42.7 Å². The maximum atomic E-state index is 12.7. The first kappa shape index (κ1) is 22.0. The van der Waals surface area contributed by atoms with Crippen molar-refractivity contribution in [2.45, 2.75) is 38.0 Å². The third kappa shape index (κ3) is 6.69. The second kappa shape index (κ2) is 10.9. The van der Waals surface area contributed by atoms with Gasteiger partial charge in [0.25, 0.3) is 5.91 Å². The fourth-order valence-electron chi connectivity index (χ4n) is 2.45. The maximum absolute atomic E-state index is 12.7. The monoisotopic (exact) mass is 400 g/mol. The van der Waals surface area contributed by atoms with E-state index in [1.807, 2.05) is 56.3 Å². The van der Waals surface area contributed by atoms with Crippen molar-refractivity contribution in [2.24, 2.45) is 0 Å². The highest BCUT2D eigenvalue weighted by molar-refractivity contribution is 8.00. The van der Waals surface area contributed by atoms with E-state index in [4.69, 9.17) is 4.74 Å². The van der Waals surface area contributed by atoms with Gasteiger partial charge in [0.15, 0.2) is 0 Å². The Morgan fingerprint density at radius 1 is 1.04 bits per heavy atom. The lowest BCUT2D eigenvalue weighted by Crippen LogP contribution is -2.25. The molecule has 0 fully saturated rings. The summed E-state index contributed by atoms with van der Waals surface area (Å²) in [5, 5.41) is 2.99. The number of hydrogen-bond acceptors (Lipinski definition) is 4. The molecule has 28 heavy (non-hydrogen) atoms. The van der Waals surface area contributed by atoms with Crippen molar-refractivity contribution < 1.29 is 14.3 Å². The number of amides is 2. The Hall–Kier alpha value is -2.31. The minimum absolute atomic E-state index is 0.0132. The molecule has 0 bridgehead atoms. The molecule has 0 radical (unpaired) electrons. The van der Waals surface area contributed by atoms with Gasteiger partial charge in [-0.15, -0.1) is 11.8 Å². The van der Waals surface area contributed by atoms with E-state index in [0.29, 0.717) is 24.5 Å². The number of carbonyl (C=O) groups is 2. The van der Waals surface area contributed by atoms with Crippen molar-refractivity contribution >= 4 is 23.6 Å². The van der Waals surface area contributed by atoms with Crippen LogP contribution in [0.4, 0.5) is 0 Å². The van der Waals surface area contributed by atoms with Gasteiger partial charge >= 0.3 is 0 Å². The largest absolute Gasteiger partial charge is 0.374 e. The van der Waals surface area contributed by atoms with Crippen LogP contribution in [0.15, 0.2) is 53.4 Å². The van der Waals surface area contributed by atoms with E-state index in [9.17, 15) is 9.59 Å². The smallest absolute Gasteiger partial charge is 0.252 e. The predicted molar refractivity (Wildman–Crippen MR) is 113 cm³/mol. The normalized spacial score (nSPS) is 10.8. The van der Waals surface area contributed by atoms with E-state index < -0.39 is 0 Å². The molecule has 2 aromatic rings. The molecule has 0 aliphatic heterocycles. The van der Waals surface area contributed by atoms with Crippen LogP contribution in [0, 0.1) is 0 Å². The minimum Gasteiger partial charge on any atom is -0.374 e. The van der Waals surface area contributed by atoms with Gasteiger partial charge in [0.05, 0.1) is 24.0 Å². The first-order valence-corrected chi connectivity index (χ1v) is 10.3. The van der Waals surface area contributed by atoms with Gasteiger partial charge in [0.2, 0.25) is 5.91 Å². The molecule has 1 N–H and O–H groups in total. The molecule has 6 heteroatoms. The lowest BCUT2D eigenvalue weighted by molar-refractivity contribution is -0.125. The molecule has 0 aliphatic rings. The van der Waals surface area contributed by atoms with Gasteiger partial charge in [0.1, 0.15) is 0 Å². The Morgan fingerprint density at radius 3 is 2.36 bits per heavy atom. The number of nitrogens with one attached hydrogen (secondary N) is 1. The SMILES string of the molecule is CC(C)OCc1ccccc1CNC(=O)c1ccccc1SCC(=O)N(C)C. The third-order valence-corrected chi connectivity index (χ3v) is 5.17. The quantitative estimate of drug-likeness (QED) is 0.652. The molecule has 0 unspecified atom stereocenters. The summed E-state index contributed by atoms with van der Waals surface area (Å²) in [5.74, 6) is 0.159. The Kier molecular flexibility index (Phi) is 8.54. The zero-order chi connectivity index (χ0) is 20.5.